The Morgan fingerprint density at radius 1 is 0.431 bits per heavy atom. The van der Waals surface area contributed by atoms with Crippen molar-refractivity contribution in [3.05, 3.63) is 240 Å². The van der Waals surface area contributed by atoms with Crippen LogP contribution in [0, 0.1) is 11.8 Å². The Morgan fingerprint density at radius 3 is 1.69 bits per heavy atom. The highest BCUT2D eigenvalue weighted by Crippen LogP contribution is 2.68. The van der Waals surface area contributed by atoms with Gasteiger partial charge in [0.2, 0.25) is 0 Å². The fourth-order valence-electron chi connectivity index (χ4n) is 13.4. The van der Waals surface area contributed by atoms with Crippen LogP contribution in [0.4, 0.5) is 34.1 Å². The summed E-state index contributed by atoms with van der Waals surface area (Å²) < 4.78 is 0. The van der Waals surface area contributed by atoms with E-state index < -0.39 is 0 Å². The molecule has 3 atom stereocenters. The number of hydrogen-bond acceptors (Lipinski definition) is 2. The molecule has 9 aromatic rings. The molecule has 0 N–H and O–H groups in total. The number of para-hydroxylation sites is 2. The lowest BCUT2D eigenvalue weighted by molar-refractivity contribution is 0.177. The van der Waals surface area contributed by atoms with E-state index in [1.54, 1.807) is 5.56 Å². The average Bonchev–Trinajstić information content (AvgIpc) is 3.97. The van der Waals surface area contributed by atoms with Crippen molar-refractivity contribution in [2.75, 3.05) is 9.80 Å². The van der Waals surface area contributed by atoms with Crippen LogP contribution < -0.4 is 9.80 Å². The summed E-state index contributed by atoms with van der Waals surface area (Å²) in [6.07, 6.45) is 5.92. The molecule has 0 amide bonds. The first-order valence-electron chi connectivity index (χ1n) is 23.8. The molecule has 1 fully saturated rings. The van der Waals surface area contributed by atoms with Crippen LogP contribution in [0.1, 0.15) is 66.5 Å². The molecule has 0 aliphatic heterocycles. The van der Waals surface area contributed by atoms with E-state index in [-0.39, 0.29) is 10.8 Å². The quantitative estimate of drug-likeness (QED) is 0.158. The molecule has 13 rings (SSSR count). The Morgan fingerprint density at radius 2 is 1.00 bits per heavy atom. The number of hydrogen-bond donors (Lipinski definition) is 0. The smallest absolute Gasteiger partial charge is 0.0546 e. The van der Waals surface area contributed by atoms with Crippen LogP contribution in [0.25, 0.3) is 33.0 Å². The second kappa shape index (κ2) is 14.7. The zero-order valence-electron chi connectivity index (χ0n) is 37.2. The molecule has 2 heteroatoms. The summed E-state index contributed by atoms with van der Waals surface area (Å²) in [4.78, 5) is 5.25. The maximum atomic E-state index is 2.63. The molecule has 0 radical (unpaired) electrons. The highest BCUT2D eigenvalue weighted by atomic mass is 15.2. The number of benzene rings is 9. The van der Waals surface area contributed by atoms with Gasteiger partial charge < -0.3 is 9.80 Å². The largest absolute Gasteiger partial charge is 0.310 e. The van der Waals surface area contributed by atoms with Crippen LogP contribution in [0.15, 0.2) is 206 Å². The first kappa shape index (κ1) is 38.3. The van der Waals surface area contributed by atoms with Crippen LogP contribution in [-0.2, 0) is 23.7 Å². The fourth-order valence-corrected chi connectivity index (χ4v) is 13.4. The van der Waals surface area contributed by atoms with Gasteiger partial charge in [0.05, 0.1) is 17.1 Å². The van der Waals surface area contributed by atoms with Crippen molar-refractivity contribution in [3.8, 4) is 22.3 Å². The van der Waals surface area contributed by atoms with Gasteiger partial charge in [0, 0.05) is 33.5 Å². The Balaban J connectivity index is 1.07. The van der Waals surface area contributed by atoms with E-state index in [0.29, 0.717) is 11.8 Å². The molecule has 9 aromatic carbocycles. The molecule has 3 unspecified atom stereocenters. The third kappa shape index (κ3) is 5.59. The molecule has 1 spiro atoms. The predicted octanol–water partition coefficient (Wildman–Crippen LogP) is 16.6. The second-order valence-corrected chi connectivity index (χ2v) is 19.5. The molecule has 0 aromatic heterocycles. The third-order valence-corrected chi connectivity index (χ3v) is 16.0. The van der Waals surface area contributed by atoms with Crippen molar-refractivity contribution in [2.45, 2.75) is 56.8 Å². The van der Waals surface area contributed by atoms with E-state index in [9.17, 15) is 0 Å². The van der Waals surface area contributed by atoms with Gasteiger partial charge >= 0.3 is 0 Å². The lowest BCUT2D eigenvalue weighted by atomic mass is 9.58. The van der Waals surface area contributed by atoms with E-state index >= 15 is 0 Å². The summed E-state index contributed by atoms with van der Waals surface area (Å²) in [5.41, 5.74) is 21.3. The number of nitrogens with zero attached hydrogens (tertiary/aromatic N) is 2. The van der Waals surface area contributed by atoms with Crippen LogP contribution in [0.5, 0.6) is 0 Å². The number of rotatable bonds is 7. The summed E-state index contributed by atoms with van der Waals surface area (Å²) in [7, 11) is 0. The lowest BCUT2D eigenvalue weighted by Crippen LogP contribution is -2.42. The van der Waals surface area contributed by atoms with Gasteiger partial charge in [0.25, 0.3) is 0 Å². The molecule has 65 heavy (non-hydrogen) atoms. The molecule has 4 aliphatic carbocycles. The maximum Gasteiger partial charge on any atom is 0.0546 e. The topological polar surface area (TPSA) is 6.48 Å². The summed E-state index contributed by atoms with van der Waals surface area (Å²) in [6.45, 7) is 4.80. The van der Waals surface area contributed by atoms with Gasteiger partial charge in [-0.05, 0) is 153 Å². The van der Waals surface area contributed by atoms with Crippen LogP contribution in [0.3, 0.4) is 0 Å². The Labute approximate surface area is 383 Å². The molecule has 1 saturated carbocycles. The van der Waals surface area contributed by atoms with Gasteiger partial charge in [0.15, 0.2) is 0 Å². The molecular formula is C63H52N2. The lowest BCUT2D eigenvalue weighted by Gasteiger charge is -2.46. The van der Waals surface area contributed by atoms with Crippen molar-refractivity contribution in [2.24, 2.45) is 11.8 Å². The van der Waals surface area contributed by atoms with E-state index in [4.69, 9.17) is 0 Å². The van der Waals surface area contributed by atoms with Crippen molar-refractivity contribution in [1.29, 1.82) is 0 Å². The summed E-state index contributed by atoms with van der Waals surface area (Å²) in [6, 6.07) is 77.9. The molecule has 0 bridgehead atoms. The van der Waals surface area contributed by atoms with E-state index in [1.165, 1.54) is 114 Å². The Hall–Kier alpha value is -7.16. The van der Waals surface area contributed by atoms with Crippen LogP contribution >= 0.6 is 0 Å². The highest BCUT2D eigenvalue weighted by molar-refractivity contribution is 6.06. The number of fused-ring (bicyclic) bond motifs is 6. The first-order valence-corrected chi connectivity index (χ1v) is 23.8. The minimum Gasteiger partial charge on any atom is -0.310 e. The third-order valence-electron chi connectivity index (χ3n) is 16.0. The van der Waals surface area contributed by atoms with Gasteiger partial charge in [-0.25, -0.2) is 0 Å². The zero-order valence-corrected chi connectivity index (χ0v) is 37.2. The summed E-state index contributed by atoms with van der Waals surface area (Å²) in [5, 5.41) is 2.52. The van der Waals surface area contributed by atoms with Crippen molar-refractivity contribution in [1.82, 2.24) is 0 Å². The molecule has 0 saturated heterocycles. The normalized spacial score (nSPS) is 19.4. The highest BCUT2D eigenvalue weighted by Gasteiger charge is 2.60. The van der Waals surface area contributed by atoms with Gasteiger partial charge in [0.1, 0.15) is 0 Å². The van der Waals surface area contributed by atoms with Crippen LogP contribution in [-0.4, -0.2) is 0 Å². The predicted molar refractivity (Wildman–Crippen MR) is 272 cm³/mol. The minimum absolute atomic E-state index is 0.108. The number of anilines is 6. The fraction of sp³-hybridized carbons (Fsp3) is 0.175. The standard InChI is InChI=1S/C63H52N2/c1-62(2)54-32-15-14-31-52(54)53-37-36-50(41-55(53)62)64(48-26-8-4-9-27-48)57-33-16-22-44-39-46-24-18-25-47-40-45-23-17-34-58(61(45)63(46,47)60(44)57)65(49-28-10-5-11-29-49)56-38-35-42-19-12-13-30-51(42)59(56)43-20-6-3-7-21-43/h3-17,19-23,26-38,41,46-47H,18,24-25,39-40H2,1-2H3. The molecule has 314 valence electrons. The van der Waals surface area contributed by atoms with Gasteiger partial charge in [-0.3, -0.25) is 0 Å². The SMILES string of the molecule is CC1(C)c2ccccc2-c2ccc(N(c3ccccc3)c3cccc4c3C35c6c(cccc6N(c6ccccc6)c6ccc7ccccc7c6-c6ccccc6)CC3CCCC5C4)cc21. The minimum atomic E-state index is -0.174. The Kier molecular flexibility index (Phi) is 8.66. The van der Waals surface area contributed by atoms with E-state index in [1.807, 2.05) is 0 Å². The van der Waals surface area contributed by atoms with Crippen LogP contribution in [0.2, 0.25) is 0 Å². The van der Waals surface area contributed by atoms with Gasteiger partial charge in [-0.2, -0.15) is 0 Å². The first-order chi connectivity index (χ1) is 32.0. The molecule has 4 aliphatic rings. The molecule has 2 nitrogen and oxygen atoms in total. The van der Waals surface area contributed by atoms with Gasteiger partial charge in [-0.15, -0.1) is 0 Å². The monoisotopic (exact) mass is 836 g/mol. The summed E-state index contributed by atoms with van der Waals surface area (Å²) >= 11 is 0. The second-order valence-electron chi connectivity index (χ2n) is 19.5. The maximum absolute atomic E-state index is 2.63. The van der Waals surface area contributed by atoms with E-state index in [2.05, 4.69) is 230 Å². The molecular weight excluding hydrogens is 785 g/mol. The van der Waals surface area contributed by atoms with Gasteiger partial charge in [-0.1, -0.05) is 172 Å². The zero-order chi connectivity index (χ0) is 43.3. The molecule has 0 heterocycles. The van der Waals surface area contributed by atoms with Crippen molar-refractivity contribution in [3.63, 3.8) is 0 Å². The van der Waals surface area contributed by atoms with Crippen molar-refractivity contribution < 1.29 is 0 Å². The Bertz CT molecular complexity index is 3290. The van der Waals surface area contributed by atoms with Crippen molar-refractivity contribution >= 4 is 44.9 Å². The van der Waals surface area contributed by atoms with E-state index in [0.717, 1.165) is 12.8 Å². The summed E-state index contributed by atoms with van der Waals surface area (Å²) in [5.74, 6) is 0.988. The average molecular weight is 837 g/mol.